The average Bonchev–Trinajstić information content (AvgIpc) is 3.05. The van der Waals surface area contributed by atoms with Crippen molar-refractivity contribution in [2.45, 2.75) is 20.4 Å². The van der Waals surface area contributed by atoms with E-state index in [0.717, 1.165) is 16.6 Å². The Hall–Kier alpha value is -3.15. The Morgan fingerprint density at radius 3 is 2.34 bits per heavy atom. The normalized spacial score (nSPS) is 14.4. The minimum absolute atomic E-state index is 0.0444. The predicted octanol–water partition coefficient (Wildman–Crippen LogP) is 3.38. The van der Waals surface area contributed by atoms with Gasteiger partial charge in [0.2, 0.25) is 5.91 Å². The summed E-state index contributed by atoms with van der Waals surface area (Å²) in [7, 11) is 0. The maximum Gasteiger partial charge on any atom is 0.254 e. The number of carbonyl (C=O) groups excluding carboxylic acids is 2. The number of nitrogens with zero attached hydrogens (tertiary/aromatic N) is 3. The fourth-order valence-electron chi connectivity index (χ4n) is 3.86. The molecule has 5 nitrogen and oxygen atoms in total. The van der Waals surface area contributed by atoms with Gasteiger partial charge in [-0.1, -0.05) is 24.3 Å². The molecule has 4 rings (SSSR count). The SMILES string of the molecule is Cc1ccc(C(=O)N2CCN(C(=O)Cn3c(C)cc4ccccc43)CC2)cc1F. The van der Waals surface area contributed by atoms with Gasteiger partial charge in [0.15, 0.2) is 0 Å². The number of para-hydroxylation sites is 1. The summed E-state index contributed by atoms with van der Waals surface area (Å²) in [6.07, 6.45) is 0. The molecule has 0 spiro atoms. The van der Waals surface area contributed by atoms with Gasteiger partial charge < -0.3 is 14.4 Å². The van der Waals surface area contributed by atoms with Crippen LogP contribution in [0.2, 0.25) is 0 Å². The highest BCUT2D eigenvalue weighted by molar-refractivity contribution is 5.94. The zero-order chi connectivity index (χ0) is 20.5. The lowest BCUT2D eigenvalue weighted by Crippen LogP contribution is -2.51. The summed E-state index contributed by atoms with van der Waals surface area (Å²) in [5.41, 5.74) is 2.97. The first-order valence-electron chi connectivity index (χ1n) is 9.82. The van der Waals surface area contributed by atoms with Crippen LogP contribution in [0.4, 0.5) is 4.39 Å². The minimum atomic E-state index is -0.376. The molecular weight excluding hydrogens is 369 g/mol. The molecule has 3 aromatic rings. The van der Waals surface area contributed by atoms with Crippen molar-refractivity contribution >= 4 is 22.7 Å². The molecule has 150 valence electrons. The summed E-state index contributed by atoms with van der Waals surface area (Å²) >= 11 is 0. The Morgan fingerprint density at radius 2 is 1.62 bits per heavy atom. The van der Waals surface area contributed by atoms with Crippen molar-refractivity contribution in [3.05, 3.63) is 71.2 Å². The minimum Gasteiger partial charge on any atom is -0.338 e. The van der Waals surface area contributed by atoms with Crippen LogP contribution in [0.1, 0.15) is 21.6 Å². The first kappa shape index (κ1) is 19.2. The van der Waals surface area contributed by atoms with Crippen LogP contribution >= 0.6 is 0 Å². The molecule has 0 saturated carbocycles. The number of piperazine rings is 1. The van der Waals surface area contributed by atoms with Crippen LogP contribution in [-0.4, -0.2) is 52.4 Å². The second kappa shape index (κ2) is 7.70. The van der Waals surface area contributed by atoms with Gasteiger partial charge in [0.1, 0.15) is 12.4 Å². The topological polar surface area (TPSA) is 45.6 Å². The molecule has 0 radical (unpaired) electrons. The Kier molecular flexibility index (Phi) is 5.09. The van der Waals surface area contributed by atoms with Crippen LogP contribution < -0.4 is 0 Å². The maximum atomic E-state index is 13.8. The number of fused-ring (bicyclic) bond motifs is 1. The quantitative estimate of drug-likeness (QED) is 0.685. The van der Waals surface area contributed by atoms with Gasteiger partial charge in [-0.25, -0.2) is 4.39 Å². The summed E-state index contributed by atoms with van der Waals surface area (Å²) < 4.78 is 15.8. The highest BCUT2D eigenvalue weighted by atomic mass is 19.1. The third-order valence-electron chi connectivity index (χ3n) is 5.65. The Morgan fingerprint density at radius 1 is 0.931 bits per heavy atom. The Labute approximate surface area is 169 Å². The molecule has 0 aliphatic carbocycles. The maximum absolute atomic E-state index is 13.8. The van der Waals surface area contributed by atoms with Crippen LogP contribution in [0.5, 0.6) is 0 Å². The van der Waals surface area contributed by atoms with Gasteiger partial charge in [-0.2, -0.15) is 0 Å². The molecule has 0 N–H and O–H groups in total. The molecule has 0 unspecified atom stereocenters. The van der Waals surface area contributed by atoms with Crippen molar-refractivity contribution in [1.29, 1.82) is 0 Å². The number of amides is 2. The summed E-state index contributed by atoms with van der Waals surface area (Å²) in [5.74, 6) is -0.523. The summed E-state index contributed by atoms with van der Waals surface area (Å²) in [6, 6.07) is 14.7. The van der Waals surface area contributed by atoms with Gasteiger partial charge in [-0.3, -0.25) is 9.59 Å². The second-order valence-corrected chi connectivity index (χ2v) is 7.57. The van der Waals surface area contributed by atoms with E-state index >= 15 is 0 Å². The molecule has 1 aliphatic heterocycles. The number of hydrogen-bond acceptors (Lipinski definition) is 2. The van der Waals surface area contributed by atoms with Crippen LogP contribution in [-0.2, 0) is 11.3 Å². The first-order chi connectivity index (χ1) is 13.9. The fraction of sp³-hybridized carbons (Fsp3) is 0.304. The second-order valence-electron chi connectivity index (χ2n) is 7.57. The summed E-state index contributed by atoms with van der Waals surface area (Å²) in [4.78, 5) is 29.0. The monoisotopic (exact) mass is 393 g/mol. The summed E-state index contributed by atoms with van der Waals surface area (Å²) in [6.45, 7) is 5.83. The molecule has 2 heterocycles. The molecule has 29 heavy (non-hydrogen) atoms. The number of rotatable bonds is 3. The van der Waals surface area contributed by atoms with E-state index in [-0.39, 0.29) is 24.2 Å². The van der Waals surface area contributed by atoms with Crippen LogP contribution in [0.25, 0.3) is 10.9 Å². The number of halogens is 1. The van der Waals surface area contributed by atoms with Gasteiger partial charge in [0.25, 0.3) is 5.91 Å². The average molecular weight is 393 g/mol. The molecule has 2 amide bonds. The van der Waals surface area contributed by atoms with Crippen molar-refractivity contribution < 1.29 is 14.0 Å². The smallest absolute Gasteiger partial charge is 0.254 e. The van der Waals surface area contributed by atoms with E-state index in [9.17, 15) is 14.0 Å². The van der Waals surface area contributed by atoms with Crippen molar-refractivity contribution in [2.75, 3.05) is 26.2 Å². The fourth-order valence-corrected chi connectivity index (χ4v) is 3.86. The van der Waals surface area contributed by atoms with Crippen molar-refractivity contribution in [3.63, 3.8) is 0 Å². The lowest BCUT2D eigenvalue weighted by Gasteiger charge is -2.35. The van der Waals surface area contributed by atoms with E-state index < -0.39 is 0 Å². The van der Waals surface area contributed by atoms with Crippen LogP contribution in [0.15, 0.2) is 48.5 Å². The standard InChI is InChI=1S/C23H24FN3O2/c1-16-7-8-19(14-20(16)24)23(29)26-11-9-25(10-12-26)22(28)15-27-17(2)13-18-5-3-4-6-21(18)27/h3-8,13-14H,9-12,15H2,1-2H3. The van der Waals surface area contributed by atoms with E-state index in [1.807, 2.05) is 35.8 Å². The molecule has 0 bridgehead atoms. The van der Waals surface area contributed by atoms with Gasteiger partial charge >= 0.3 is 0 Å². The van der Waals surface area contributed by atoms with Gasteiger partial charge in [0.05, 0.1) is 0 Å². The number of benzene rings is 2. The van der Waals surface area contributed by atoms with Gasteiger partial charge in [-0.05, 0) is 49.1 Å². The van der Waals surface area contributed by atoms with E-state index in [1.165, 1.54) is 6.07 Å². The van der Waals surface area contributed by atoms with E-state index in [1.54, 1.807) is 28.9 Å². The number of carbonyl (C=O) groups is 2. The third kappa shape index (κ3) is 3.75. The van der Waals surface area contributed by atoms with Crippen LogP contribution in [0, 0.1) is 19.7 Å². The van der Waals surface area contributed by atoms with E-state index in [4.69, 9.17) is 0 Å². The molecule has 1 saturated heterocycles. The molecule has 0 atom stereocenters. The molecular formula is C23H24FN3O2. The highest BCUT2D eigenvalue weighted by Gasteiger charge is 2.25. The van der Waals surface area contributed by atoms with Crippen LogP contribution in [0.3, 0.4) is 0 Å². The third-order valence-corrected chi connectivity index (χ3v) is 5.65. The molecule has 1 aliphatic rings. The zero-order valence-electron chi connectivity index (χ0n) is 16.7. The lowest BCUT2D eigenvalue weighted by atomic mass is 10.1. The van der Waals surface area contributed by atoms with E-state index in [0.29, 0.717) is 37.3 Å². The predicted molar refractivity (Wildman–Crippen MR) is 110 cm³/mol. The van der Waals surface area contributed by atoms with Crippen molar-refractivity contribution in [1.82, 2.24) is 14.4 Å². The van der Waals surface area contributed by atoms with E-state index in [2.05, 4.69) is 6.07 Å². The Bertz CT molecular complexity index is 1080. The first-order valence-corrected chi connectivity index (χ1v) is 9.82. The van der Waals surface area contributed by atoms with Gasteiger partial charge in [0, 0.05) is 43.0 Å². The number of aryl methyl sites for hydroxylation is 2. The molecule has 6 heteroatoms. The van der Waals surface area contributed by atoms with Crippen molar-refractivity contribution in [3.8, 4) is 0 Å². The Balaban J connectivity index is 1.40. The van der Waals surface area contributed by atoms with Gasteiger partial charge in [-0.15, -0.1) is 0 Å². The molecule has 2 aromatic carbocycles. The highest BCUT2D eigenvalue weighted by Crippen LogP contribution is 2.20. The molecule has 1 fully saturated rings. The summed E-state index contributed by atoms with van der Waals surface area (Å²) in [5, 5.41) is 1.12. The zero-order valence-corrected chi connectivity index (χ0v) is 16.7. The number of hydrogen-bond donors (Lipinski definition) is 0. The molecule has 1 aromatic heterocycles. The lowest BCUT2D eigenvalue weighted by molar-refractivity contribution is -0.133. The largest absolute Gasteiger partial charge is 0.338 e. The van der Waals surface area contributed by atoms with Crippen molar-refractivity contribution in [2.24, 2.45) is 0 Å². The number of aromatic nitrogens is 1.